The van der Waals surface area contributed by atoms with Crippen LogP contribution in [-0.4, -0.2) is 24.4 Å². The van der Waals surface area contributed by atoms with Crippen molar-refractivity contribution in [3.05, 3.63) is 34.3 Å². The lowest BCUT2D eigenvalue weighted by Crippen LogP contribution is -2.57. The molecule has 0 amide bonds. The molecule has 1 aliphatic rings. The first-order chi connectivity index (χ1) is 8.41. The second kappa shape index (κ2) is 5.43. The van der Waals surface area contributed by atoms with Crippen molar-refractivity contribution >= 4 is 27.7 Å². The van der Waals surface area contributed by atoms with E-state index in [1.165, 1.54) is 0 Å². The first kappa shape index (κ1) is 14.2. The van der Waals surface area contributed by atoms with Crippen molar-refractivity contribution in [2.75, 3.05) is 18.8 Å². The normalized spacial score (nSPS) is 18.4. The number of hydrogen-bond donors (Lipinski definition) is 1. The van der Waals surface area contributed by atoms with Gasteiger partial charge in [-0.25, -0.2) is 0 Å². The number of nitrogens with one attached hydrogen (secondary N) is 1. The van der Waals surface area contributed by atoms with Crippen LogP contribution < -0.4 is 5.32 Å². The number of alkyl halides is 3. The fourth-order valence-corrected chi connectivity index (χ4v) is 3.26. The Hall–Kier alpha value is -0.200. The maximum Gasteiger partial charge on any atom is 0.441 e. The summed E-state index contributed by atoms with van der Waals surface area (Å²) in [7, 11) is 0. The summed E-state index contributed by atoms with van der Waals surface area (Å²) in [6.07, 6.45) is 0.542. The van der Waals surface area contributed by atoms with Gasteiger partial charge in [0.1, 0.15) is 0 Å². The number of halogens is 4. The van der Waals surface area contributed by atoms with Gasteiger partial charge in [0.25, 0.3) is 0 Å². The molecule has 18 heavy (non-hydrogen) atoms. The Balaban J connectivity index is 2.03. The van der Waals surface area contributed by atoms with Gasteiger partial charge >= 0.3 is 5.51 Å². The zero-order chi connectivity index (χ0) is 13.2. The van der Waals surface area contributed by atoms with Crippen molar-refractivity contribution in [2.24, 2.45) is 0 Å². The Morgan fingerprint density at radius 3 is 2.56 bits per heavy atom. The minimum atomic E-state index is -4.13. The quantitative estimate of drug-likeness (QED) is 0.891. The average molecular weight is 340 g/mol. The van der Waals surface area contributed by atoms with Crippen LogP contribution >= 0.6 is 27.7 Å². The fourth-order valence-electron chi connectivity index (χ4n) is 2.13. The molecule has 2 rings (SSSR count). The van der Waals surface area contributed by atoms with E-state index in [2.05, 4.69) is 21.2 Å². The van der Waals surface area contributed by atoms with Gasteiger partial charge in [0.2, 0.25) is 0 Å². The molecular weight excluding hydrogens is 327 g/mol. The monoisotopic (exact) mass is 339 g/mol. The van der Waals surface area contributed by atoms with E-state index in [0.717, 1.165) is 23.1 Å². The molecule has 0 aliphatic carbocycles. The summed E-state index contributed by atoms with van der Waals surface area (Å²) < 4.78 is 37.4. The van der Waals surface area contributed by atoms with Crippen molar-refractivity contribution in [1.29, 1.82) is 0 Å². The highest BCUT2D eigenvalue weighted by atomic mass is 79.9. The molecular formula is C12H13BrF3NS. The van der Waals surface area contributed by atoms with Gasteiger partial charge in [-0.05, 0) is 24.1 Å². The van der Waals surface area contributed by atoms with E-state index in [9.17, 15) is 13.2 Å². The maximum absolute atomic E-state index is 12.2. The third-order valence-electron chi connectivity index (χ3n) is 3.21. The standard InChI is InChI=1S/C12H13BrF3NS/c13-10-3-1-2-9(6-10)11(7-17-8-11)4-5-18-12(14,15)16/h1-3,6,17H,4-5,7-8H2. The smallest absolute Gasteiger partial charge is 0.315 e. The van der Waals surface area contributed by atoms with Crippen LogP contribution in [0.25, 0.3) is 0 Å². The molecule has 1 heterocycles. The molecule has 1 fully saturated rings. The highest BCUT2D eigenvalue weighted by Gasteiger charge is 2.39. The Morgan fingerprint density at radius 2 is 2.06 bits per heavy atom. The van der Waals surface area contributed by atoms with E-state index >= 15 is 0 Å². The second-order valence-electron chi connectivity index (χ2n) is 4.44. The van der Waals surface area contributed by atoms with Crippen LogP contribution in [-0.2, 0) is 5.41 Å². The highest BCUT2D eigenvalue weighted by Crippen LogP contribution is 2.38. The topological polar surface area (TPSA) is 12.0 Å². The predicted molar refractivity (Wildman–Crippen MR) is 71.8 cm³/mol. The van der Waals surface area contributed by atoms with E-state index in [-0.39, 0.29) is 22.9 Å². The molecule has 0 radical (unpaired) electrons. The molecule has 0 atom stereocenters. The third-order valence-corrected chi connectivity index (χ3v) is 4.44. The van der Waals surface area contributed by atoms with Crippen LogP contribution in [0.4, 0.5) is 13.2 Å². The van der Waals surface area contributed by atoms with Gasteiger partial charge in [-0.1, -0.05) is 39.8 Å². The summed E-state index contributed by atoms with van der Waals surface area (Å²) in [4.78, 5) is 0. The van der Waals surface area contributed by atoms with Crippen molar-refractivity contribution in [3.8, 4) is 0 Å². The number of benzene rings is 1. The Morgan fingerprint density at radius 1 is 1.33 bits per heavy atom. The summed E-state index contributed by atoms with van der Waals surface area (Å²) in [5.74, 6) is 0.109. The minimum Gasteiger partial charge on any atom is -0.315 e. The van der Waals surface area contributed by atoms with Gasteiger partial charge in [-0.3, -0.25) is 0 Å². The lowest BCUT2D eigenvalue weighted by atomic mass is 9.73. The molecule has 0 aromatic heterocycles. The van der Waals surface area contributed by atoms with Crippen LogP contribution in [0.5, 0.6) is 0 Å². The first-order valence-corrected chi connectivity index (χ1v) is 7.37. The van der Waals surface area contributed by atoms with Crippen molar-refractivity contribution in [3.63, 3.8) is 0 Å². The zero-order valence-electron chi connectivity index (χ0n) is 9.56. The van der Waals surface area contributed by atoms with Crippen LogP contribution in [0.2, 0.25) is 0 Å². The van der Waals surface area contributed by atoms with Gasteiger partial charge in [-0.2, -0.15) is 13.2 Å². The van der Waals surface area contributed by atoms with Crippen LogP contribution in [0, 0.1) is 0 Å². The van der Waals surface area contributed by atoms with E-state index in [1.54, 1.807) is 0 Å². The molecule has 0 unspecified atom stereocenters. The first-order valence-electron chi connectivity index (χ1n) is 5.59. The number of rotatable bonds is 4. The summed E-state index contributed by atoms with van der Waals surface area (Å²) in [6, 6.07) is 7.84. The van der Waals surface area contributed by atoms with Gasteiger partial charge in [0, 0.05) is 28.7 Å². The van der Waals surface area contributed by atoms with E-state index in [4.69, 9.17) is 0 Å². The summed E-state index contributed by atoms with van der Waals surface area (Å²) in [6.45, 7) is 1.50. The molecule has 0 bridgehead atoms. The largest absolute Gasteiger partial charge is 0.441 e. The molecule has 1 N–H and O–H groups in total. The molecule has 1 aliphatic heterocycles. The Bertz CT molecular complexity index is 418. The lowest BCUT2D eigenvalue weighted by Gasteiger charge is -2.43. The van der Waals surface area contributed by atoms with E-state index in [0.29, 0.717) is 6.42 Å². The molecule has 1 aromatic carbocycles. The minimum absolute atomic E-state index is 0.0691. The van der Waals surface area contributed by atoms with Crippen LogP contribution in [0.3, 0.4) is 0 Å². The van der Waals surface area contributed by atoms with Gasteiger partial charge in [0.15, 0.2) is 0 Å². The summed E-state index contributed by atoms with van der Waals surface area (Å²) in [5.41, 5.74) is -3.16. The molecule has 6 heteroatoms. The third kappa shape index (κ3) is 3.42. The van der Waals surface area contributed by atoms with Gasteiger partial charge in [-0.15, -0.1) is 0 Å². The molecule has 100 valence electrons. The Labute approximate surface area is 117 Å². The lowest BCUT2D eigenvalue weighted by molar-refractivity contribution is -0.0329. The maximum atomic E-state index is 12.2. The van der Waals surface area contributed by atoms with E-state index < -0.39 is 5.51 Å². The number of hydrogen-bond acceptors (Lipinski definition) is 2. The fraction of sp³-hybridized carbons (Fsp3) is 0.500. The highest BCUT2D eigenvalue weighted by molar-refractivity contribution is 9.10. The van der Waals surface area contributed by atoms with Gasteiger partial charge < -0.3 is 5.32 Å². The predicted octanol–water partition coefficient (Wildman–Crippen LogP) is 3.93. The van der Waals surface area contributed by atoms with Crippen LogP contribution in [0.1, 0.15) is 12.0 Å². The summed E-state index contributed by atoms with van der Waals surface area (Å²) >= 11 is 3.47. The van der Waals surface area contributed by atoms with Crippen molar-refractivity contribution < 1.29 is 13.2 Å². The zero-order valence-corrected chi connectivity index (χ0v) is 12.0. The molecule has 0 spiro atoms. The van der Waals surface area contributed by atoms with Crippen molar-refractivity contribution in [1.82, 2.24) is 5.32 Å². The molecule has 1 saturated heterocycles. The average Bonchev–Trinajstić information content (AvgIpc) is 2.20. The summed E-state index contributed by atoms with van der Waals surface area (Å²) in [5, 5.41) is 3.16. The van der Waals surface area contributed by atoms with E-state index in [1.807, 2.05) is 24.3 Å². The molecule has 1 aromatic rings. The molecule has 1 nitrogen and oxygen atoms in total. The second-order valence-corrected chi connectivity index (χ2v) is 6.51. The molecule has 0 saturated carbocycles. The Kier molecular flexibility index (Phi) is 4.29. The number of thioether (sulfide) groups is 1. The van der Waals surface area contributed by atoms with Crippen LogP contribution in [0.15, 0.2) is 28.7 Å². The van der Waals surface area contributed by atoms with Crippen molar-refractivity contribution in [2.45, 2.75) is 17.3 Å². The van der Waals surface area contributed by atoms with Gasteiger partial charge in [0.05, 0.1) is 0 Å². The SMILES string of the molecule is FC(F)(F)SCCC1(c2cccc(Br)c2)CNC1.